The second kappa shape index (κ2) is 6.95. The molecule has 0 unspecified atom stereocenters. The van der Waals surface area contributed by atoms with Crippen LogP contribution in [0.25, 0.3) is 10.8 Å². The summed E-state index contributed by atoms with van der Waals surface area (Å²) in [5.41, 5.74) is 0.0588. The molecule has 2 aromatic carbocycles. The lowest BCUT2D eigenvalue weighted by Crippen LogP contribution is -2.49. The van der Waals surface area contributed by atoms with E-state index in [0.29, 0.717) is 31.9 Å². The van der Waals surface area contributed by atoms with E-state index in [-0.39, 0.29) is 9.92 Å². The third-order valence-electron chi connectivity index (χ3n) is 4.72. The van der Waals surface area contributed by atoms with Crippen molar-refractivity contribution in [1.29, 1.82) is 0 Å². The lowest BCUT2D eigenvalue weighted by Gasteiger charge is -2.35. The summed E-state index contributed by atoms with van der Waals surface area (Å²) < 4.78 is 27.5. The summed E-state index contributed by atoms with van der Waals surface area (Å²) in [4.78, 5) is 13.8. The smallest absolute Gasteiger partial charge is 0.285 e. The molecule has 1 saturated heterocycles. The molecule has 3 aromatic rings. The first kappa shape index (κ1) is 18.0. The summed E-state index contributed by atoms with van der Waals surface area (Å²) in [6, 6.07) is 12.8. The number of halogens is 1. The van der Waals surface area contributed by atoms with Gasteiger partial charge in [0.05, 0.1) is 16.8 Å². The average molecular weight is 405 g/mol. The van der Waals surface area contributed by atoms with Crippen molar-refractivity contribution in [2.75, 3.05) is 31.1 Å². The van der Waals surface area contributed by atoms with Crippen LogP contribution in [0.1, 0.15) is 0 Å². The fourth-order valence-corrected chi connectivity index (χ4v) is 4.91. The van der Waals surface area contributed by atoms with Gasteiger partial charge >= 0.3 is 0 Å². The number of aromatic nitrogens is 2. The van der Waals surface area contributed by atoms with E-state index in [2.05, 4.69) is 10.2 Å². The number of piperazine rings is 1. The minimum absolute atomic E-state index is 0.0656. The number of H-pyrrole nitrogens is 1. The van der Waals surface area contributed by atoms with Gasteiger partial charge in [0.1, 0.15) is 5.02 Å². The van der Waals surface area contributed by atoms with Crippen LogP contribution in [0, 0.1) is 0 Å². The van der Waals surface area contributed by atoms with Gasteiger partial charge in [-0.05, 0) is 22.9 Å². The molecule has 1 aromatic heterocycles. The Kier molecular flexibility index (Phi) is 4.63. The first-order chi connectivity index (χ1) is 13.0. The van der Waals surface area contributed by atoms with Gasteiger partial charge in [-0.25, -0.2) is 13.5 Å². The van der Waals surface area contributed by atoms with Gasteiger partial charge in [0.25, 0.3) is 5.56 Å². The molecule has 140 valence electrons. The van der Waals surface area contributed by atoms with Crippen molar-refractivity contribution in [1.82, 2.24) is 14.5 Å². The van der Waals surface area contributed by atoms with Crippen molar-refractivity contribution >= 4 is 38.1 Å². The highest BCUT2D eigenvalue weighted by molar-refractivity contribution is 7.89. The number of nitrogens with one attached hydrogen (secondary N) is 1. The van der Waals surface area contributed by atoms with Gasteiger partial charge in [-0.1, -0.05) is 41.9 Å². The van der Waals surface area contributed by atoms with Crippen molar-refractivity contribution in [3.8, 4) is 0 Å². The molecule has 0 atom stereocenters. The number of benzene rings is 2. The monoisotopic (exact) mass is 404 g/mol. The lowest BCUT2D eigenvalue weighted by atomic mass is 10.1. The van der Waals surface area contributed by atoms with Gasteiger partial charge in [0.15, 0.2) is 0 Å². The van der Waals surface area contributed by atoms with E-state index in [1.54, 1.807) is 12.1 Å². The Bertz CT molecular complexity index is 1150. The van der Waals surface area contributed by atoms with Crippen LogP contribution < -0.4 is 10.5 Å². The molecule has 0 aliphatic carbocycles. The van der Waals surface area contributed by atoms with Crippen LogP contribution in [-0.2, 0) is 10.0 Å². The topological polar surface area (TPSA) is 86.4 Å². The molecule has 0 amide bonds. The second-order valence-corrected chi connectivity index (χ2v) is 8.61. The Morgan fingerprint density at radius 3 is 2.44 bits per heavy atom. The van der Waals surface area contributed by atoms with Gasteiger partial charge in [0.2, 0.25) is 10.0 Å². The maximum Gasteiger partial charge on any atom is 0.285 e. The molecule has 1 aliphatic heterocycles. The number of sulfonamides is 1. The van der Waals surface area contributed by atoms with Gasteiger partial charge in [-0.3, -0.25) is 4.79 Å². The first-order valence-electron chi connectivity index (χ1n) is 8.44. The molecule has 0 radical (unpaired) electrons. The molecule has 7 nitrogen and oxygen atoms in total. The molecule has 0 spiro atoms. The SMILES string of the molecule is O=c1[nH]ncc(N2CCN(S(=O)(=O)c3ccc4ccccc4c3)CC2)c1Cl. The van der Waals surface area contributed by atoms with E-state index in [4.69, 9.17) is 11.6 Å². The Morgan fingerprint density at radius 1 is 1.00 bits per heavy atom. The number of hydrogen-bond acceptors (Lipinski definition) is 5. The molecule has 9 heteroatoms. The predicted octanol–water partition coefficient (Wildman–Crippen LogP) is 2.09. The Hall–Kier alpha value is -2.42. The van der Waals surface area contributed by atoms with Gasteiger partial charge < -0.3 is 4.90 Å². The molecular formula is C18H17ClN4O3S. The van der Waals surface area contributed by atoms with E-state index < -0.39 is 15.6 Å². The van der Waals surface area contributed by atoms with Crippen LogP contribution in [0.3, 0.4) is 0 Å². The normalized spacial score (nSPS) is 16.0. The minimum Gasteiger partial charge on any atom is -0.366 e. The van der Waals surface area contributed by atoms with E-state index in [1.165, 1.54) is 10.5 Å². The van der Waals surface area contributed by atoms with Crippen LogP contribution in [0.4, 0.5) is 5.69 Å². The molecule has 0 bridgehead atoms. The van der Waals surface area contributed by atoms with Crippen LogP contribution in [-0.4, -0.2) is 49.1 Å². The molecule has 27 heavy (non-hydrogen) atoms. The lowest BCUT2D eigenvalue weighted by molar-refractivity contribution is 0.385. The van der Waals surface area contributed by atoms with Crippen molar-refractivity contribution in [2.45, 2.75) is 4.90 Å². The van der Waals surface area contributed by atoms with Gasteiger partial charge in [-0.15, -0.1) is 0 Å². The Morgan fingerprint density at radius 2 is 1.70 bits per heavy atom. The summed E-state index contributed by atoms with van der Waals surface area (Å²) in [5, 5.41) is 8.00. The molecule has 0 saturated carbocycles. The van der Waals surface area contributed by atoms with Crippen molar-refractivity contribution < 1.29 is 8.42 Å². The van der Waals surface area contributed by atoms with Crippen LogP contribution in [0.15, 0.2) is 58.4 Å². The first-order valence-corrected chi connectivity index (χ1v) is 10.3. The predicted molar refractivity (Wildman–Crippen MR) is 105 cm³/mol. The third kappa shape index (κ3) is 3.31. The quantitative estimate of drug-likeness (QED) is 0.722. The highest BCUT2D eigenvalue weighted by atomic mass is 35.5. The molecule has 1 aliphatic rings. The van der Waals surface area contributed by atoms with Crippen LogP contribution in [0.5, 0.6) is 0 Å². The van der Waals surface area contributed by atoms with E-state index in [9.17, 15) is 13.2 Å². The molecule has 4 rings (SSSR count). The summed E-state index contributed by atoms with van der Waals surface area (Å²) in [7, 11) is -3.59. The molecule has 1 fully saturated rings. The van der Waals surface area contributed by atoms with Gasteiger partial charge in [0, 0.05) is 26.2 Å². The van der Waals surface area contributed by atoms with E-state index >= 15 is 0 Å². The zero-order valence-electron chi connectivity index (χ0n) is 14.3. The number of fused-ring (bicyclic) bond motifs is 1. The highest BCUT2D eigenvalue weighted by Crippen LogP contribution is 2.25. The van der Waals surface area contributed by atoms with E-state index in [1.807, 2.05) is 35.2 Å². The third-order valence-corrected chi connectivity index (χ3v) is 6.98. The summed E-state index contributed by atoms with van der Waals surface area (Å²) in [6.45, 7) is 1.46. The van der Waals surface area contributed by atoms with Crippen LogP contribution in [0.2, 0.25) is 5.02 Å². The summed E-state index contributed by atoms with van der Waals surface area (Å²) in [5.74, 6) is 0. The fraction of sp³-hybridized carbons (Fsp3) is 0.222. The fourth-order valence-electron chi connectivity index (χ4n) is 3.24. The second-order valence-electron chi connectivity index (χ2n) is 6.30. The molecule has 2 heterocycles. The maximum absolute atomic E-state index is 13.0. The zero-order chi connectivity index (χ0) is 19.0. The van der Waals surface area contributed by atoms with Gasteiger partial charge in [-0.2, -0.15) is 9.40 Å². The number of hydrogen-bond donors (Lipinski definition) is 1. The Labute approximate surface area is 161 Å². The summed E-state index contributed by atoms with van der Waals surface area (Å²) >= 11 is 6.05. The largest absolute Gasteiger partial charge is 0.366 e. The van der Waals surface area contributed by atoms with Crippen molar-refractivity contribution in [3.63, 3.8) is 0 Å². The number of aromatic amines is 1. The maximum atomic E-state index is 13.0. The summed E-state index contributed by atoms with van der Waals surface area (Å²) in [6.07, 6.45) is 1.48. The standard InChI is InChI=1S/C18H17ClN4O3S/c19-17-16(12-20-21-18(17)24)22-7-9-23(10-8-22)27(25,26)15-6-5-13-3-1-2-4-14(13)11-15/h1-6,11-12H,7-10H2,(H,21,24). The molecule has 1 N–H and O–H groups in total. The van der Waals surface area contributed by atoms with E-state index in [0.717, 1.165) is 10.8 Å². The number of anilines is 1. The highest BCUT2D eigenvalue weighted by Gasteiger charge is 2.29. The average Bonchev–Trinajstić information content (AvgIpc) is 2.70. The van der Waals surface area contributed by atoms with Crippen LogP contribution >= 0.6 is 11.6 Å². The molecular weight excluding hydrogens is 388 g/mol. The zero-order valence-corrected chi connectivity index (χ0v) is 15.9. The van der Waals surface area contributed by atoms with Crippen molar-refractivity contribution in [3.05, 3.63) is 64.0 Å². The number of nitrogens with zero attached hydrogens (tertiary/aromatic N) is 3. The number of rotatable bonds is 3. The Balaban J connectivity index is 1.56. The minimum atomic E-state index is -3.59. The van der Waals surface area contributed by atoms with Crippen molar-refractivity contribution in [2.24, 2.45) is 0 Å².